The van der Waals surface area contributed by atoms with Gasteiger partial charge < -0.3 is 15.3 Å². The van der Waals surface area contributed by atoms with Gasteiger partial charge in [-0.2, -0.15) is 0 Å². The quantitative estimate of drug-likeness (QED) is 0.433. The second-order valence-corrected chi connectivity index (χ2v) is 8.96. The minimum atomic E-state index is -3.56. The van der Waals surface area contributed by atoms with Gasteiger partial charge in [0.2, 0.25) is 5.91 Å². The molecule has 0 spiro atoms. The number of phenols is 1. The van der Waals surface area contributed by atoms with E-state index in [0.29, 0.717) is 37.3 Å². The van der Waals surface area contributed by atoms with Crippen molar-refractivity contribution in [3.63, 3.8) is 0 Å². The van der Waals surface area contributed by atoms with Crippen LogP contribution >= 0.6 is 0 Å². The largest absolute Gasteiger partial charge is 0.506 e. The molecule has 9 nitrogen and oxygen atoms in total. The van der Waals surface area contributed by atoms with Crippen molar-refractivity contribution in [3.8, 4) is 5.75 Å². The smallest absolute Gasteiger partial charge is 0.293 e. The van der Waals surface area contributed by atoms with E-state index in [0.717, 1.165) is 12.3 Å². The van der Waals surface area contributed by atoms with E-state index in [1.54, 1.807) is 23.1 Å². The number of benzene rings is 2. The molecule has 0 unspecified atom stereocenters. The van der Waals surface area contributed by atoms with Crippen molar-refractivity contribution >= 4 is 32.8 Å². The zero-order valence-corrected chi connectivity index (χ0v) is 16.6. The van der Waals surface area contributed by atoms with Gasteiger partial charge in [-0.15, -0.1) is 0 Å². The predicted octanol–water partition coefficient (Wildman–Crippen LogP) is 2.56. The summed E-state index contributed by atoms with van der Waals surface area (Å²) >= 11 is 0. The van der Waals surface area contributed by atoms with Gasteiger partial charge in [0, 0.05) is 31.3 Å². The molecule has 1 fully saturated rings. The lowest BCUT2D eigenvalue weighted by atomic mass is 9.95. The second-order valence-electron chi connectivity index (χ2n) is 6.95. The third kappa shape index (κ3) is 4.65. The van der Waals surface area contributed by atoms with Crippen molar-refractivity contribution < 1.29 is 23.2 Å². The van der Waals surface area contributed by atoms with Crippen LogP contribution in [0.4, 0.5) is 17.1 Å². The number of para-hydroxylation sites is 2. The molecule has 3 rings (SSSR count). The highest BCUT2D eigenvalue weighted by atomic mass is 32.2. The minimum Gasteiger partial charge on any atom is -0.506 e. The van der Waals surface area contributed by atoms with E-state index in [2.05, 4.69) is 5.32 Å². The first-order valence-corrected chi connectivity index (χ1v) is 10.9. The first kappa shape index (κ1) is 20.6. The van der Waals surface area contributed by atoms with Crippen molar-refractivity contribution in [2.45, 2.75) is 17.7 Å². The van der Waals surface area contributed by atoms with Gasteiger partial charge in [0.25, 0.3) is 5.69 Å². The van der Waals surface area contributed by atoms with Gasteiger partial charge >= 0.3 is 0 Å². The predicted molar refractivity (Wildman–Crippen MR) is 108 cm³/mol. The van der Waals surface area contributed by atoms with Crippen LogP contribution in [0.2, 0.25) is 0 Å². The average molecular weight is 419 g/mol. The highest BCUT2D eigenvalue weighted by Crippen LogP contribution is 2.34. The molecule has 154 valence electrons. The highest BCUT2D eigenvalue weighted by molar-refractivity contribution is 7.90. The number of rotatable bonds is 5. The maximum Gasteiger partial charge on any atom is 0.293 e. The molecular formula is C19H21N3O6S. The number of nitro benzene ring substituents is 1. The van der Waals surface area contributed by atoms with Gasteiger partial charge in [0.1, 0.15) is 11.4 Å². The van der Waals surface area contributed by atoms with Gasteiger partial charge in [0.15, 0.2) is 9.84 Å². The van der Waals surface area contributed by atoms with Crippen molar-refractivity contribution in [3.05, 3.63) is 52.6 Å². The average Bonchev–Trinajstić information content (AvgIpc) is 2.68. The summed E-state index contributed by atoms with van der Waals surface area (Å²) in [4.78, 5) is 25.0. The Balaban J connectivity index is 1.71. The molecule has 2 aromatic rings. The van der Waals surface area contributed by atoms with Gasteiger partial charge in [-0.1, -0.05) is 12.1 Å². The van der Waals surface area contributed by atoms with Gasteiger partial charge in [-0.05, 0) is 37.1 Å². The number of amides is 1. The summed E-state index contributed by atoms with van der Waals surface area (Å²) in [5, 5.41) is 23.9. The Morgan fingerprint density at radius 2 is 1.86 bits per heavy atom. The lowest BCUT2D eigenvalue weighted by Gasteiger charge is -2.32. The second kappa shape index (κ2) is 8.08. The van der Waals surface area contributed by atoms with E-state index in [4.69, 9.17) is 0 Å². The molecule has 0 bridgehead atoms. The van der Waals surface area contributed by atoms with E-state index in [9.17, 15) is 28.4 Å². The minimum absolute atomic E-state index is 0.0140. The number of carbonyl (C=O) groups excluding carboxylic acids is 1. The van der Waals surface area contributed by atoms with E-state index in [1.807, 2.05) is 0 Å². The molecule has 29 heavy (non-hydrogen) atoms. The molecule has 0 atom stereocenters. The number of nitro groups is 1. The summed E-state index contributed by atoms with van der Waals surface area (Å²) < 4.78 is 23.4. The normalized spacial score (nSPS) is 15.1. The van der Waals surface area contributed by atoms with Gasteiger partial charge in [-0.3, -0.25) is 14.9 Å². The third-order valence-electron chi connectivity index (χ3n) is 4.94. The van der Waals surface area contributed by atoms with Crippen LogP contribution < -0.4 is 10.2 Å². The standard InChI is InChI=1S/C19H21N3O6S/c1-29(27,28)14-6-7-16(17(12-14)22(25)26)21-10-8-13(9-11-21)19(24)20-15-4-2-3-5-18(15)23/h2-7,12-13,23H,8-11H2,1H3,(H,20,24). The first-order valence-electron chi connectivity index (χ1n) is 8.99. The number of anilines is 2. The van der Waals surface area contributed by atoms with E-state index >= 15 is 0 Å². The molecule has 1 saturated heterocycles. The number of piperidine rings is 1. The van der Waals surface area contributed by atoms with E-state index in [1.165, 1.54) is 18.2 Å². The third-order valence-corrected chi connectivity index (χ3v) is 6.05. The molecule has 2 N–H and O–H groups in total. The van der Waals surface area contributed by atoms with Crippen LogP contribution in [0, 0.1) is 16.0 Å². The Morgan fingerprint density at radius 3 is 2.45 bits per heavy atom. The summed E-state index contributed by atoms with van der Waals surface area (Å²) in [5.74, 6) is -0.520. The van der Waals surface area contributed by atoms with Gasteiger partial charge in [-0.25, -0.2) is 8.42 Å². The number of hydrogen-bond acceptors (Lipinski definition) is 7. The Hall–Kier alpha value is -3.14. The molecule has 1 aliphatic heterocycles. The van der Waals surface area contributed by atoms with Crippen LogP contribution in [-0.2, 0) is 14.6 Å². The molecule has 0 aliphatic carbocycles. The highest BCUT2D eigenvalue weighted by Gasteiger charge is 2.29. The topological polar surface area (TPSA) is 130 Å². The summed E-state index contributed by atoms with van der Waals surface area (Å²) in [6.07, 6.45) is 1.95. The SMILES string of the molecule is CS(=O)(=O)c1ccc(N2CCC(C(=O)Nc3ccccc3O)CC2)c([N+](=O)[O-])c1. The van der Waals surface area contributed by atoms with E-state index in [-0.39, 0.29) is 28.2 Å². The van der Waals surface area contributed by atoms with Crippen LogP contribution in [0.5, 0.6) is 5.75 Å². The Morgan fingerprint density at radius 1 is 1.21 bits per heavy atom. The number of hydrogen-bond donors (Lipinski definition) is 2. The van der Waals surface area contributed by atoms with Crippen molar-refractivity contribution in [1.29, 1.82) is 0 Å². The number of sulfone groups is 1. The van der Waals surface area contributed by atoms with Crippen LogP contribution in [-0.4, -0.2) is 43.7 Å². The van der Waals surface area contributed by atoms with Crippen LogP contribution in [0.3, 0.4) is 0 Å². The molecule has 0 aromatic heterocycles. The Kier molecular flexibility index (Phi) is 5.73. The molecule has 1 heterocycles. The fraction of sp³-hybridized carbons (Fsp3) is 0.316. The van der Waals surface area contributed by atoms with Crippen LogP contribution in [0.15, 0.2) is 47.4 Å². The molecule has 2 aromatic carbocycles. The van der Waals surface area contributed by atoms with Gasteiger partial charge in [0.05, 0.1) is 15.5 Å². The molecule has 10 heteroatoms. The summed E-state index contributed by atoms with van der Waals surface area (Å²) in [6.45, 7) is 0.829. The van der Waals surface area contributed by atoms with Crippen molar-refractivity contribution in [2.24, 2.45) is 5.92 Å². The fourth-order valence-electron chi connectivity index (χ4n) is 3.34. The molecule has 0 saturated carbocycles. The Labute approximate surface area is 168 Å². The molecular weight excluding hydrogens is 398 g/mol. The van der Waals surface area contributed by atoms with Crippen LogP contribution in [0.1, 0.15) is 12.8 Å². The number of carbonyl (C=O) groups is 1. The maximum absolute atomic E-state index is 12.5. The summed E-state index contributed by atoms with van der Waals surface area (Å²) in [7, 11) is -3.56. The van der Waals surface area contributed by atoms with E-state index < -0.39 is 14.8 Å². The molecule has 0 radical (unpaired) electrons. The first-order chi connectivity index (χ1) is 13.7. The number of phenolic OH excluding ortho intramolecular Hbond substituents is 1. The lowest BCUT2D eigenvalue weighted by molar-refractivity contribution is -0.384. The summed E-state index contributed by atoms with van der Waals surface area (Å²) in [6, 6.07) is 10.3. The fourth-order valence-corrected chi connectivity index (χ4v) is 3.99. The molecule has 1 amide bonds. The monoisotopic (exact) mass is 419 g/mol. The number of nitrogens with one attached hydrogen (secondary N) is 1. The summed E-state index contributed by atoms with van der Waals surface area (Å²) in [5.41, 5.74) is 0.402. The van der Waals surface area contributed by atoms with Crippen molar-refractivity contribution in [2.75, 3.05) is 29.6 Å². The zero-order chi connectivity index (χ0) is 21.2. The molecule has 1 aliphatic rings. The number of aromatic hydroxyl groups is 1. The zero-order valence-electron chi connectivity index (χ0n) is 15.7. The number of nitrogens with zero attached hydrogens (tertiary/aromatic N) is 2. The maximum atomic E-state index is 12.5. The Bertz CT molecular complexity index is 1050. The van der Waals surface area contributed by atoms with Crippen LogP contribution in [0.25, 0.3) is 0 Å². The lowest BCUT2D eigenvalue weighted by Crippen LogP contribution is -2.38. The van der Waals surface area contributed by atoms with Crippen molar-refractivity contribution in [1.82, 2.24) is 0 Å².